The Morgan fingerprint density at radius 2 is 1.52 bits per heavy atom. The predicted octanol–water partition coefficient (Wildman–Crippen LogP) is 10.3. The van der Waals surface area contributed by atoms with Crippen LogP contribution in [-0.2, 0) is 9.53 Å². The van der Waals surface area contributed by atoms with Crippen LogP contribution >= 0.6 is 0 Å². The van der Waals surface area contributed by atoms with Gasteiger partial charge >= 0.3 is 0 Å². The van der Waals surface area contributed by atoms with E-state index in [4.69, 9.17) is 4.74 Å². The number of unbranched alkanes of at least 4 members (excludes halogenated alkanes) is 1. The SMILES string of the molecule is C/C=C\C(=C/C)OCC(F)(F)/C=C/C1CCCC1.C/C=C\CCCC(C)=O.CC.CC.CC. The van der Waals surface area contributed by atoms with Crippen molar-refractivity contribution in [1.82, 2.24) is 0 Å². The fraction of sp³-hybridized carbons (Fsp3) is 0.690. The van der Waals surface area contributed by atoms with Gasteiger partial charge in [0.2, 0.25) is 0 Å². The molecule has 33 heavy (non-hydrogen) atoms. The lowest BCUT2D eigenvalue weighted by atomic mass is 10.1. The van der Waals surface area contributed by atoms with Gasteiger partial charge in [-0.1, -0.05) is 78.7 Å². The first-order chi connectivity index (χ1) is 15.8. The van der Waals surface area contributed by atoms with Gasteiger partial charge in [-0.05, 0) is 77.5 Å². The maximum Gasteiger partial charge on any atom is 0.299 e. The van der Waals surface area contributed by atoms with Crippen LogP contribution in [0.25, 0.3) is 0 Å². The molecule has 0 unspecified atom stereocenters. The topological polar surface area (TPSA) is 26.3 Å². The number of ether oxygens (including phenoxy) is 1. The van der Waals surface area contributed by atoms with Gasteiger partial charge in [0.1, 0.15) is 11.5 Å². The zero-order valence-corrected chi connectivity index (χ0v) is 23.3. The van der Waals surface area contributed by atoms with E-state index in [1.54, 1.807) is 38.2 Å². The Hall–Kier alpha value is -1.71. The van der Waals surface area contributed by atoms with Gasteiger partial charge in [-0.25, -0.2) is 0 Å². The van der Waals surface area contributed by atoms with Crippen LogP contribution in [0.2, 0.25) is 0 Å². The molecule has 4 heteroatoms. The lowest BCUT2D eigenvalue weighted by molar-refractivity contribution is -0.117. The summed E-state index contributed by atoms with van der Waals surface area (Å²) in [5, 5.41) is 0. The Kier molecular flexibility index (Phi) is 35.4. The molecule has 0 N–H and O–H groups in total. The minimum absolute atomic E-state index is 0.291. The molecule has 0 bridgehead atoms. The highest BCUT2D eigenvalue weighted by molar-refractivity contribution is 5.75. The third kappa shape index (κ3) is 30.3. The Balaban J connectivity index is -0.000000236. The van der Waals surface area contributed by atoms with E-state index in [0.29, 0.717) is 17.5 Å². The summed E-state index contributed by atoms with van der Waals surface area (Å²) in [6.45, 7) is 18.6. The highest BCUT2D eigenvalue weighted by atomic mass is 19.3. The van der Waals surface area contributed by atoms with Crippen LogP contribution in [0.4, 0.5) is 8.78 Å². The van der Waals surface area contributed by atoms with E-state index in [9.17, 15) is 13.6 Å². The molecule has 1 aliphatic carbocycles. The molecular weight excluding hydrogens is 418 g/mol. The molecular formula is C29H54F2O2. The summed E-state index contributed by atoms with van der Waals surface area (Å²) in [6.07, 6.45) is 19.0. The van der Waals surface area contributed by atoms with Gasteiger partial charge in [0.15, 0.2) is 6.61 Å². The summed E-state index contributed by atoms with van der Waals surface area (Å²) in [5.74, 6) is -1.79. The van der Waals surface area contributed by atoms with Crippen LogP contribution in [0.15, 0.2) is 48.3 Å². The van der Waals surface area contributed by atoms with Crippen molar-refractivity contribution in [2.75, 3.05) is 6.61 Å². The van der Waals surface area contributed by atoms with Crippen molar-refractivity contribution < 1.29 is 18.3 Å². The molecule has 1 rings (SSSR count). The van der Waals surface area contributed by atoms with Crippen molar-refractivity contribution in [3.05, 3.63) is 48.3 Å². The van der Waals surface area contributed by atoms with Crippen molar-refractivity contribution in [3.63, 3.8) is 0 Å². The molecule has 2 nitrogen and oxygen atoms in total. The van der Waals surface area contributed by atoms with Gasteiger partial charge in [0.05, 0.1) is 0 Å². The van der Waals surface area contributed by atoms with Crippen molar-refractivity contribution in [2.45, 2.75) is 120 Å². The van der Waals surface area contributed by atoms with E-state index in [0.717, 1.165) is 51.0 Å². The average molecular weight is 473 g/mol. The summed E-state index contributed by atoms with van der Waals surface area (Å²) >= 11 is 0. The van der Waals surface area contributed by atoms with E-state index >= 15 is 0 Å². The largest absolute Gasteiger partial charge is 0.487 e. The van der Waals surface area contributed by atoms with Crippen LogP contribution in [0.3, 0.4) is 0 Å². The normalized spacial score (nSPS) is 13.9. The number of allylic oxidation sites excluding steroid dienone is 6. The Bertz CT molecular complexity index is 512. The fourth-order valence-electron chi connectivity index (χ4n) is 2.68. The number of alkyl halides is 2. The number of rotatable bonds is 10. The van der Waals surface area contributed by atoms with Crippen LogP contribution in [0, 0.1) is 5.92 Å². The molecule has 0 radical (unpaired) electrons. The summed E-state index contributed by atoms with van der Waals surface area (Å²) in [5.41, 5.74) is 0. The molecule has 1 aliphatic rings. The van der Waals surface area contributed by atoms with E-state index in [1.807, 2.05) is 61.5 Å². The van der Waals surface area contributed by atoms with E-state index < -0.39 is 12.5 Å². The third-order valence-electron chi connectivity index (χ3n) is 4.19. The van der Waals surface area contributed by atoms with Gasteiger partial charge in [-0.3, -0.25) is 0 Å². The van der Waals surface area contributed by atoms with Crippen LogP contribution in [-0.4, -0.2) is 18.3 Å². The van der Waals surface area contributed by atoms with Gasteiger partial charge in [0.25, 0.3) is 5.92 Å². The minimum atomic E-state index is -2.89. The summed E-state index contributed by atoms with van der Waals surface area (Å²) < 4.78 is 32.2. The molecule has 1 fully saturated rings. The zero-order chi connectivity index (χ0) is 26.5. The highest BCUT2D eigenvalue weighted by Gasteiger charge is 2.27. The summed E-state index contributed by atoms with van der Waals surface area (Å²) in [6, 6.07) is 0. The van der Waals surface area contributed by atoms with Crippen molar-refractivity contribution in [2.24, 2.45) is 5.92 Å². The second-order valence-corrected chi connectivity index (χ2v) is 6.81. The third-order valence-corrected chi connectivity index (χ3v) is 4.19. The van der Waals surface area contributed by atoms with Gasteiger partial charge < -0.3 is 9.53 Å². The predicted molar refractivity (Wildman–Crippen MR) is 144 cm³/mol. The Labute approximate surface area is 205 Å². The number of halogens is 2. The number of Topliss-reactive ketones (excluding diaryl/α,β-unsaturated/α-hetero) is 1. The smallest absolute Gasteiger partial charge is 0.299 e. The molecule has 0 spiro atoms. The molecule has 0 aromatic carbocycles. The Morgan fingerprint density at radius 1 is 0.970 bits per heavy atom. The standard InChI is InChI=1S/C15H22F2O.C8H14O.3C2H6/c1-3-7-14(4-2)18-12-15(16,17)11-10-13-8-5-6-9-13;1-3-4-5-6-7-8(2)9;3*1-2/h3-4,7,10-11,13H,5-6,8-9,12H2,1-2H3;3-4H,5-7H2,1-2H3;3*1-2H3/b7-3-,11-10+,14-4+;4-3-;;;. The number of carbonyl (C=O) groups is 1. The fourth-order valence-corrected chi connectivity index (χ4v) is 2.68. The summed E-state index contributed by atoms with van der Waals surface area (Å²) in [4.78, 5) is 10.4. The van der Waals surface area contributed by atoms with E-state index in [1.165, 1.54) is 0 Å². The zero-order valence-electron chi connectivity index (χ0n) is 23.3. The van der Waals surface area contributed by atoms with E-state index in [2.05, 4.69) is 6.08 Å². The molecule has 196 valence electrons. The van der Waals surface area contributed by atoms with Gasteiger partial charge in [0, 0.05) is 6.42 Å². The molecule has 1 saturated carbocycles. The molecule has 0 aromatic heterocycles. The quantitative estimate of drug-likeness (QED) is 0.137. The van der Waals surface area contributed by atoms with Crippen molar-refractivity contribution in [1.29, 1.82) is 0 Å². The molecule has 0 heterocycles. The average Bonchev–Trinajstić information content (AvgIpc) is 3.36. The number of hydrogen-bond acceptors (Lipinski definition) is 2. The second kappa shape index (κ2) is 30.3. The van der Waals surface area contributed by atoms with E-state index in [-0.39, 0.29) is 0 Å². The Morgan fingerprint density at radius 3 is 1.94 bits per heavy atom. The summed E-state index contributed by atoms with van der Waals surface area (Å²) in [7, 11) is 0. The van der Waals surface area contributed by atoms with Gasteiger partial charge in [-0.15, -0.1) is 0 Å². The second-order valence-electron chi connectivity index (χ2n) is 6.81. The number of ketones is 1. The molecule has 0 saturated heterocycles. The van der Waals surface area contributed by atoms with Crippen molar-refractivity contribution in [3.8, 4) is 0 Å². The molecule has 0 aliphatic heterocycles. The highest BCUT2D eigenvalue weighted by Crippen LogP contribution is 2.27. The van der Waals surface area contributed by atoms with Gasteiger partial charge in [-0.2, -0.15) is 8.78 Å². The van der Waals surface area contributed by atoms with Crippen LogP contribution in [0.1, 0.15) is 114 Å². The van der Waals surface area contributed by atoms with Crippen LogP contribution < -0.4 is 0 Å². The molecule has 0 amide bonds. The lowest BCUT2D eigenvalue weighted by Crippen LogP contribution is -2.20. The maximum absolute atomic E-state index is 13.6. The lowest BCUT2D eigenvalue weighted by Gasteiger charge is -2.14. The number of hydrogen-bond donors (Lipinski definition) is 0. The van der Waals surface area contributed by atoms with Crippen LogP contribution in [0.5, 0.6) is 0 Å². The molecule has 0 aromatic rings. The molecule has 0 atom stereocenters. The maximum atomic E-state index is 13.6. The first kappa shape index (κ1) is 38.5. The monoisotopic (exact) mass is 472 g/mol. The first-order valence-corrected chi connectivity index (χ1v) is 12.9. The number of carbonyl (C=O) groups excluding carboxylic acids is 1. The van der Waals surface area contributed by atoms with Crippen molar-refractivity contribution >= 4 is 5.78 Å². The first-order valence-electron chi connectivity index (χ1n) is 12.9. The minimum Gasteiger partial charge on any atom is -0.487 e.